The van der Waals surface area contributed by atoms with E-state index < -0.39 is 5.60 Å². The fourth-order valence-corrected chi connectivity index (χ4v) is 1.99. The van der Waals surface area contributed by atoms with Crippen LogP contribution < -0.4 is 5.73 Å². The molecule has 0 saturated heterocycles. The molecule has 0 aromatic carbocycles. The molecule has 0 spiro atoms. The van der Waals surface area contributed by atoms with Crippen molar-refractivity contribution in [3.05, 3.63) is 30.4 Å². The summed E-state index contributed by atoms with van der Waals surface area (Å²) in [6.45, 7) is 6.40. The summed E-state index contributed by atoms with van der Waals surface area (Å²) in [7, 11) is 0. The number of rotatable bonds is 1. The van der Waals surface area contributed by atoms with E-state index in [2.05, 4.69) is 9.97 Å². The first-order valence-corrected chi connectivity index (χ1v) is 6.56. The highest BCUT2D eigenvalue weighted by atomic mass is 16.6. The van der Waals surface area contributed by atoms with E-state index in [4.69, 9.17) is 10.5 Å². The second-order valence-corrected chi connectivity index (χ2v) is 5.81. The van der Waals surface area contributed by atoms with Gasteiger partial charge in [-0.15, -0.1) is 0 Å². The summed E-state index contributed by atoms with van der Waals surface area (Å²) in [5.74, 6) is 0. The van der Waals surface area contributed by atoms with Crippen molar-refractivity contribution in [3.63, 3.8) is 0 Å². The standard InChI is InChI=1S/C14H20N4O2/c1-14(2,3)20-13(19)18-8-10(6-11(15)9-18)12-7-16-4-5-17-12/h4-7,11H,8-9,15H2,1-3H3. The largest absolute Gasteiger partial charge is 0.444 e. The molecule has 1 aliphatic heterocycles. The Bertz CT molecular complexity index is 508. The first-order chi connectivity index (χ1) is 9.35. The number of ether oxygens (including phenoxy) is 1. The van der Waals surface area contributed by atoms with Crippen LogP contribution in [0.2, 0.25) is 0 Å². The molecular formula is C14H20N4O2. The highest BCUT2D eigenvalue weighted by molar-refractivity contribution is 5.74. The summed E-state index contributed by atoms with van der Waals surface area (Å²) in [4.78, 5) is 22.0. The van der Waals surface area contributed by atoms with Gasteiger partial charge in [0, 0.05) is 25.0 Å². The summed E-state index contributed by atoms with van der Waals surface area (Å²) < 4.78 is 5.38. The molecule has 0 bridgehead atoms. The minimum Gasteiger partial charge on any atom is -0.444 e. The molecule has 20 heavy (non-hydrogen) atoms. The summed E-state index contributed by atoms with van der Waals surface area (Å²) in [5, 5.41) is 0. The SMILES string of the molecule is CC(C)(C)OC(=O)N1CC(c2cnccn2)=CC(N)C1. The van der Waals surface area contributed by atoms with Crippen LogP contribution in [0.3, 0.4) is 0 Å². The first-order valence-electron chi connectivity index (χ1n) is 6.56. The normalized spacial score (nSPS) is 19.5. The van der Waals surface area contributed by atoms with Crippen molar-refractivity contribution in [2.45, 2.75) is 32.4 Å². The monoisotopic (exact) mass is 276 g/mol. The number of hydrogen-bond donors (Lipinski definition) is 1. The zero-order valence-electron chi connectivity index (χ0n) is 12.0. The summed E-state index contributed by atoms with van der Waals surface area (Å²) in [5.41, 5.74) is 7.09. The second-order valence-electron chi connectivity index (χ2n) is 5.81. The molecule has 108 valence electrons. The van der Waals surface area contributed by atoms with Crippen LogP contribution in [0.15, 0.2) is 24.7 Å². The van der Waals surface area contributed by atoms with Gasteiger partial charge in [-0.1, -0.05) is 6.08 Å². The Hall–Kier alpha value is -1.95. The molecule has 1 atom stereocenters. The van der Waals surface area contributed by atoms with E-state index in [1.165, 1.54) is 0 Å². The Balaban J connectivity index is 2.13. The van der Waals surface area contributed by atoms with Crippen LogP contribution >= 0.6 is 0 Å². The molecule has 2 rings (SSSR count). The van der Waals surface area contributed by atoms with E-state index in [-0.39, 0.29) is 12.1 Å². The number of hydrogen-bond acceptors (Lipinski definition) is 5. The quantitative estimate of drug-likeness (QED) is 0.839. The van der Waals surface area contributed by atoms with E-state index >= 15 is 0 Å². The lowest BCUT2D eigenvalue weighted by atomic mass is 10.0. The van der Waals surface area contributed by atoms with Crippen LogP contribution in [0.5, 0.6) is 0 Å². The Morgan fingerprint density at radius 2 is 2.20 bits per heavy atom. The Morgan fingerprint density at radius 1 is 1.45 bits per heavy atom. The van der Waals surface area contributed by atoms with E-state index in [1.807, 2.05) is 26.8 Å². The highest BCUT2D eigenvalue weighted by Crippen LogP contribution is 2.20. The van der Waals surface area contributed by atoms with Crippen molar-refractivity contribution in [1.82, 2.24) is 14.9 Å². The predicted molar refractivity (Wildman–Crippen MR) is 75.8 cm³/mol. The average Bonchev–Trinajstić information content (AvgIpc) is 2.37. The average molecular weight is 276 g/mol. The maximum absolute atomic E-state index is 12.1. The molecule has 0 aliphatic carbocycles. The third-order valence-electron chi connectivity index (χ3n) is 2.75. The van der Waals surface area contributed by atoms with Gasteiger partial charge in [0.05, 0.1) is 18.4 Å². The lowest BCUT2D eigenvalue weighted by molar-refractivity contribution is 0.0265. The molecule has 2 heterocycles. The minimum absolute atomic E-state index is 0.228. The van der Waals surface area contributed by atoms with Crippen molar-refractivity contribution in [2.75, 3.05) is 13.1 Å². The summed E-state index contributed by atoms with van der Waals surface area (Å²) >= 11 is 0. The zero-order valence-corrected chi connectivity index (χ0v) is 12.0. The van der Waals surface area contributed by atoms with Crippen LogP contribution in [-0.4, -0.2) is 45.7 Å². The third-order valence-corrected chi connectivity index (χ3v) is 2.75. The van der Waals surface area contributed by atoms with Gasteiger partial charge in [-0.25, -0.2) is 4.79 Å². The van der Waals surface area contributed by atoms with Crippen molar-refractivity contribution < 1.29 is 9.53 Å². The van der Waals surface area contributed by atoms with Gasteiger partial charge in [0.2, 0.25) is 0 Å². The van der Waals surface area contributed by atoms with E-state index in [9.17, 15) is 4.79 Å². The molecule has 1 aromatic heterocycles. The molecule has 0 saturated carbocycles. The number of nitrogens with two attached hydrogens (primary N) is 1. The fraction of sp³-hybridized carbons (Fsp3) is 0.500. The molecule has 1 aliphatic rings. The van der Waals surface area contributed by atoms with Gasteiger partial charge in [-0.05, 0) is 26.3 Å². The van der Waals surface area contributed by atoms with Gasteiger partial charge in [0.25, 0.3) is 0 Å². The highest BCUT2D eigenvalue weighted by Gasteiger charge is 2.27. The van der Waals surface area contributed by atoms with Crippen molar-refractivity contribution in [3.8, 4) is 0 Å². The van der Waals surface area contributed by atoms with Gasteiger partial charge >= 0.3 is 6.09 Å². The molecule has 0 fully saturated rings. The van der Waals surface area contributed by atoms with Crippen LogP contribution in [0.4, 0.5) is 4.79 Å². The van der Waals surface area contributed by atoms with Gasteiger partial charge in [-0.2, -0.15) is 0 Å². The number of carbonyl (C=O) groups excluding carboxylic acids is 1. The number of aromatic nitrogens is 2. The molecule has 1 aromatic rings. The summed E-state index contributed by atoms with van der Waals surface area (Å²) in [6, 6.07) is -0.228. The van der Waals surface area contributed by atoms with Crippen molar-refractivity contribution >= 4 is 11.7 Å². The number of carbonyl (C=O) groups is 1. The zero-order chi connectivity index (χ0) is 14.8. The Morgan fingerprint density at radius 3 is 2.80 bits per heavy atom. The smallest absolute Gasteiger partial charge is 0.410 e. The predicted octanol–water partition coefficient (Wildman–Crippen LogP) is 1.44. The van der Waals surface area contributed by atoms with E-state index in [0.717, 1.165) is 11.3 Å². The molecule has 6 heteroatoms. The maximum atomic E-state index is 12.1. The van der Waals surface area contributed by atoms with Crippen LogP contribution in [0.25, 0.3) is 5.57 Å². The van der Waals surface area contributed by atoms with Gasteiger partial charge in [0.1, 0.15) is 5.60 Å². The van der Waals surface area contributed by atoms with Gasteiger partial charge in [-0.3, -0.25) is 9.97 Å². The molecule has 2 N–H and O–H groups in total. The summed E-state index contributed by atoms with van der Waals surface area (Å²) in [6.07, 6.45) is 6.46. The minimum atomic E-state index is -0.519. The van der Waals surface area contributed by atoms with Gasteiger partial charge in [0.15, 0.2) is 0 Å². The first kappa shape index (κ1) is 14.5. The van der Waals surface area contributed by atoms with Crippen LogP contribution in [0, 0.1) is 0 Å². The molecule has 1 amide bonds. The maximum Gasteiger partial charge on any atom is 0.410 e. The topological polar surface area (TPSA) is 81.3 Å². The van der Waals surface area contributed by atoms with E-state index in [1.54, 1.807) is 23.5 Å². The Kier molecular flexibility index (Phi) is 4.04. The third kappa shape index (κ3) is 3.77. The molecule has 1 unspecified atom stereocenters. The van der Waals surface area contributed by atoms with Gasteiger partial charge < -0.3 is 15.4 Å². The van der Waals surface area contributed by atoms with E-state index in [0.29, 0.717) is 13.1 Å². The van der Waals surface area contributed by atoms with Crippen LogP contribution in [-0.2, 0) is 4.74 Å². The molecule has 6 nitrogen and oxygen atoms in total. The van der Waals surface area contributed by atoms with Crippen molar-refractivity contribution in [1.29, 1.82) is 0 Å². The van der Waals surface area contributed by atoms with Crippen molar-refractivity contribution in [2.24, 2.45) is 5.73 Å². The fourth-order valence-electron chi connectivity index (χ4n) is 1.99. The van der Waals surface area contributed by atoms with Crippen LogP contribution in [0.1, 0.15) is 26.5 Å². The lowest BCUT2D eigenvalue weighted by Crippen LogP contribution is -2.46. The number of nitrogens with zero attached hydrogens (tertiary/aromatic N) is 3. The number of amides is 1. The molecule has 0 radical (unpaired) electrons. The Labute approximate surface area is 118 Å². The second kappa shape index (κ2) is 5.58. The molecular weight excluding hydrogens is 256 g/mol. The lowest BCUT2D eigenvalue weighted by Gasteiger charge is -2.32.